The molecule has 2 fully saturated rings. The molecule has 0 saturated carbocycles. The van der Waals surface area contributed by atoms with Crippen molar-refractivity contribution in [3.05, 3.63) is 18.0 Å². The molecular weight excluding hydrogens is 322 g/mol. The van der Waals surface area contributed by atoms with Gasteiger partial charge in [-0.2, -0.15) is 0 Å². The summed E-state index contributed by atoms with van der Waals surface area (Å²) in [6.07, 6.45) is 10.2. The van der Waals surface area contributed by atoms with Crippen molar-refractivity contribution in [3.8, 4) is 0 Å². The molecular formula is C21H39N5. The Balaban J connectivity index is 0.00000117. The lowest BCUT2D eigenvalue weighted by Gasteiger charge is -2.39. The van der Waals surface area contributed by atoms with Crippen molar-refractivity contribution in [2.24, 2.45) is 0 Å². The zero-order chi connectivity index (χ0) is 19.1. The van der Waals surface area contributed by atoms with E-state index in [0.717, 1.165) is 25.5 Å². The molecule has 0 aliphatic carbocycles. The molecule has 148 valence electrons. The van der Waals surface area contributed by atoms with Crippen molar-refractivity contribution in [2.45, 2.75) is 77.9 Å². The summed E-state index contributed by atoms with van der Waals surface area (Å²) in [4.78, 5) is 16.7. The Bertz CT molecular complexity index is 502. The first-order valence-electron chi connectivity index (χ1n) is 10.5. The van der Waals surface area contributed by atoms with E-state index in [2.05, 4.69) is 42.6 Å². The van der Waals surface area contributed by atoms with Crippen LogP contribution in [0.1, 0.15) is 58.9 Å². The number of fused-ring (bicyclic) bond motifs is 2. The van der Waals surface area contributed by atoms with Crippen LogP contribution in [0, 0.1) is 0 Å². The standard InChI is InChI=1S/C19H33N5.C2H6/c1-15(2)23(4)10-6-5-7-16-11-20-19(21-12-16)24-17-8-9-18(24)14-22(3)13-17;1-2/h11-12,15,17-18H,5-10,13-14H2,1-4H3;1-2H3. The maximum absolute atomic E-state index is 4.70. The number of hydrogen-bond donors (Lipinski definition) is 0. The second kappa shape index (κ2) is 10.2. The molecule has 2 aliphatic heterocycles. The summed E-state index contributed by atoms with van der Waals surface area (Å²) in [6, 6.07) is 1.84. The summed E-state index contributed by atoms with van der Waals surface area (Å²) < 4.78 is 0. The quantitative estimate of drug-likeness (QED) is 0.695. The van der Waals surface area contributed by atoms with Gasteiger partial charge in [-0.25, -0.2) is 9.97 Å². The van der Waals surface area contributed by atoms with E-state index in [1.54, 1.807) is 0 Å². The third kappa shape index (κ3) is 5.40. The predicted octanol–water partition coefficient (Wildman–Crippen LogP) is 3.45. The highest BCUT2D eigenvalue weighted by atomic mass is 15.4. The number of piperazine rings is 1. The first-order chi connectivity index (χ1) is 12.5. The number of rotatable bonds is 7. The molecule has 2 aliphatic rings. The number of unbranched alkanes of at least 4 members (excludes halogenated alkanes) is 1. The first-order valence-corrected chi connectivity index (χ1v) is 10.5. The fourth-order valence-electron chi connectivity index (χ4n) is 4.00. The number of anilines is 1. The number of aromatic nitrogens is 2. The molecule has 0 radical (unpaired) electrons. The van der Waals surface area contributed by atoms with Crippen molar-refractivity contribution < 1.29 is 0 Å². The molecule has 0 amide bonds. The molecule has 0 spiro atoms. The van der Waals surface area contributed by atoms with Crippen LogP contribution in [0.3, 0.4) is 0 Å². The lowest BCUT2D eigenvalue weighted by molar-refractivity contribution is 0.262. The van der Waals surface area contributed by atoms with Gasteiger partial charge >= 0.3 is 0 Å². The highest BCUT2D eigenvalue weighted by Crippen LogP contribution is 2.32. The number of likely N-dealkylation sites (N-methyl/N-ethyl adjacent to an activating group) is 1. The van der Waals surface area contributed by atoms with Crippen molar-refractivity contribution in [3.63, 3.8) is 0 Å². The lowest BCUT2D eigenvalue weighted by atomic mass is 10.1. The minimum Gasteiger partial charge on any atom is -0.332 e. The van der Waals surface area contributed by atoms with Crippen LogP contribution in [0.5, 0.6) is 0 Å². The van der Waals surface area contributed by atoms with Gasteiger partial charge in [0.1, 0.15) is 0 Å². The molecule has 26 heavy (non-hydrogen) atoms. The summed E-state index contributed by atoms with van der Waals surface area (Å²) in [6.45, 7) is 12.0. The summed E-state index contributed by atoms with van der Waals surface area (Å²) in [5, 5.41) is 0. The van der Waals surface area contributed by atoms with E-state index in [1.165, 1.54) is 37.8 Å². The van der Waals surface area contributed by atoms with Crippen LogP contribution >= 0.6 is 0 Å². The van der Waals surface area contributed by atoms with Gasteiger partial charge in [-0.15, -0.1) is 0 Å². The van der Waals surface area contributed by atoms with Gasteiger partial charge in [0, 0.05) is 43.6 Å². The van der Waals surface area contributed by atoms with Crippen molar-refractivity contribution in [1.82, 2.24) is 19.8 Å². The summed E-state index contributed by atoms with van der Waals surface area (Å²) in [5.74, 6) is 0.943. The smallest absolute Gasteiger partial charge is 0.225 e. The highest BCUT2D eigenvalue weighted by molar-refractivity contribution is 5.37. The zero-order valence-corrected chi connectivity index (χ0v) is 17.8. The van der Waals surface area contributed by atoms with Gasteiger partial charge in [0.15, 0.2) is 0 Å². The van der Waals surface area contributed by atoms with Gasteiger partial charge < -0.3 is 14.7 Å². The minimum atomic E-state index is 0.603. The number of hydrogen-bond acceptors (Lipinski definition) is 5. The largest absolute Gasteiger partial charge is 0.332 e. The van der Waals surface area contributed by atoms with E-state index >= 15 is 0 Å². The predicted molar refractivity (Wildman–Crippen MR) is 111 cm³/mol. The summed E-state index contributed by atoms with van der Waals surface area (Å²) in [7, 11) is 4.43. The minimum absolute atomic E-state index is 0.603. The van der Waals surface area contributed by atoms with E-state index < -0.39 is 0 Å². The Morgan fingerprint density at radius 3 is 2.19 bits per heavy atom. The van der Waals surface area contributed by atoms with Crippen molar-refractivity contribution >= 4 is 5.95 Å². The summed E-state index contributed by atoms with van der Waals surface area (Å²) in [5.41, 5.74) is 1.27. The molecule has 5 nitrogen and oxygen atoms in total. The molecule has 3 heterocycles. The van der Waals surface area contributed by atoms with Gasteiger partial charge in [0.25, 0.3) is 0 Å². The van der Waals surface area contributed by atoms with Crippen LogP contribution in [0.4, 0.5) is 5.95 Å². The number of nitrogens with zero attached hydrogens (tertiary/aromatic N) is 5. The monoisotopic (exact) mass is 361 g/mol. The Labute approximate surface area is 160 Å². The molecule has 1 aromatic rings. The summed E-state index contributed by atoms with van der Waals surface area (Å²) >= 11 is 0. The third-order valence-electron chi connectivity index (χ3n) is 5.70. The third-order valence-corrected chi connectivity index (χ3v) is 5.70. The topological polar surface area (TPSA) is 35.5 Å². The van der Waals surface area contributed by atoms with Crippen molar-refractivity contribution in [2.75, 3.05) is 38.6 Å². The van der Waals surface area contributed by atoms with E-state index in [1.807, 2.05) is 26.2 Å². The van der Waals surface area contributed by atoms with Crippen LogP contribution in [0.15, 0.2) is 12.4 Å². The van der Waals surface area contributed by atoms with Gasteiger partial charge in [0.2, 0.25) is 5.95 Å². The van der Waals surface area contributed by atoms with Gasteiger partial charge in [-0.3, -0.25) is 0 Å². The first kappa shape index (κ1) is 21.1. The van der Waals surface area contributed by atoms with E-state index in [4.69, 9.17) is 9.97 Å². The van der Waals surface area contributed by atoms with E-state index in [-0.39, 0.29) is 0 Å². The van der Waals surface area contributed by atoms with Crippen LogP contribution in [0.2, 0.25) is 0 Å². The Morgan fingerprint density at radius 1 is 1.08 bits per heavy atom. The molecule has 2 saturated heterocycles. The second-order valence-corrected chi connectivity index (χ2v) is 7.94. The average Bonchev–Trinajstić information content (AvgIpc) is 2.92. The lowest BCUT2D eigenvalue weighted by Crippen LogP contribution is -2.53. The maximum Gasteiger partial charge on any atom is 0.225 e. The van der Waals surface area contributed by atoms with Gasteiger partial charge in [0.05, 0.1) is 0 Å². The SMILES string of the molecule is CC.CC(C)N(C)CCCCc1cnc(N2C3CCC2CN(C)C3)nc1. The maximum atomic E-state index is 4.70. The average molecular weight is 362 g/mol. The number of aryl methyl sites for hydroxylation is 1. The Hall–Kier alpha value is -1.20. The Morgan fingerprint density at radius 2 is 1.65 bits per heavy atom. The van der Waals surface area contributed by atoms with Crippen LogP contribution < -0.4 is 4.90 Å². The van der Waals surface area contributed by atoms with Crippen molar-refractivity contribution in [1.29, 1.82) is 0 Å². The van der Waals surface area contributed by atoms with Crippen LogP contribution in [0.25, 0.3) is 0 Å². The molecule has 2 atom stereocenters. The highest BCUT2D eigenvalue weighted by Gasteiger charge is 2.39. The molecule has 1 aromatic heterocycles. The van der Waals surface area contributed by atoms with E-state index in [0.29, 0.717) is 18.1 Å². The molecule has 2 bridgehead atoms. The second-order valence-electron chi connectivity index (χ2n) is 7.94. The van der Waals surface area contributed by atoms with Crippen LogP contribution in [-0.2, 0) is 6.42 Å². The molecule has 3 rings (SSSR count). The van der Waals surface area contributed by atoms with E-state index in [9.17, 15) is 0 Å². The molecule has 5 heteroatoms. The van der Waals surface area contributed by atoms with Gasteiger partial charge in [-0.05, 0) is 72.2 Å². The normalized spacial score (nSPS) is 22.7. The molecule has 0 aromatic carbocycles. The zero-order valence-electron chi connectivity index (χ0n) is 17.8. The fraction of sp³-hybridized carbons (Fsp3) is 0.810. The molecule has 0 N–H and O–H groups in total. The number of likely N-dealkylation sites (tertiary alicyclic amines) is 1. The molecule has 2 unspecified atom stereocenters. The van der Waals surface area contributed by atoms with Gasteiger partial charge in [-0.1, -0.05) is 13.8 Å². The Kier molecular flexibility index (Phi) is 8.29. The fourth-order valence-corrected chi connectivity index (χ4v) is 4.00. The van der Waals surface area contributed by atoms with Crippen LogP contribution in [-0.4, -0.2) is 71.6 Å².